The molecule has 1 saturated heterocycles. The van der Waals surface area contributed by atoms with Crippen molar-refractivity contribution < 1.29 is 4.74 Å². The average Bonchev–Trinajstić information content (AvgIpc) is 3.02. The molecule has 9 nitrogen and oxygen atoms in total. The zero-order valence-electron chi connectivity index (χ0n) is 11.2. The predicted octanol–water partition coefficient (Wildman–Crippen LogP) is 0.0849. The Bertz CT molecular complexity index is 552. The van der Waals surface area contributed by atoms with Crippen LogP contribution >= 0.6 is 0 Å². The molecular weight excluding hydrogens is 260 g/mol. The lowest BCUT2D eigenvalue weighted by Crippen LogP contribution is -2.31. The highest BCUT2D eigenvalue weighted by Gasteiger charge is 2.16. The molecule has 106 valence electrons. The maximum Gasteiger partial charge on any atom is 0.258 e. The minimum absolute atomic E-state index is 0.222. The van der Waals surface area contributed by atoms with E-state index in [9.17, 15) is 0 Å². The molecule has 3 rings (SSSR count). The molecule has 1 atom stereocenters. The average molecular weight is 276 g/mol. The highest BCUT2D eigenvalue weighted by Crippen LogP contribution is 2.13. The summed E-state index contributed by atoms with van der Waals surface area (Å²) in [4.78, 5) is 16.8. The van der Waals surface area contributed by atoms with E-state index in [1.807, 2.05) is 0 Å². The Morgan fingerprint density at radius 1 is 1.30 bits per heavy atom. The van der Waals surface area contributed by atoms with E-state index in [2.05, 4.69) is 35.7 Å². The molecule has 0 radical (unpaired) electrons. The summed E-state index contributed by atoms with van der Waals surface area (Å²) >= 11 is 0. The second kappa shape index (κ2) is 5.78. The molecule has 2 aromatic heterocycles. The van der Waals surface area contributed by atoms with E-state index in [1.165, 1.54) is 11.0 Å². The minimum Gasteiger partial charge on any atom is -0.379 e. The van der Waals surface area contributed by atoms with Crippen molar-refractivity contribution in [2.75, 3.05) is 30.9 Å². The Balaban J connectivity index is 1.84. The van der Waals surface area contributed by atoms with Crippen molar-refractivity contribution in [2.45, 2.75) is 18.9 Å². The van der Waals surface area contributed by atoms with E-state index in [-0.39, 0.29) is 6.04 Å². The molecule has 1 fully saturated rings. The van der Waals surface area contributed by atoms with Crippen LogP contribution in [-0.2, 0) is 4.74 Å². The molecule has 0 bridgehead atoms. The van der Waals surface area contributed by atoms with Gasteiger partial charge < -0.3 is 15.4 Å². The predicted molar refractivity (Wildman–Crippen MR) is 71.8 cm³/mol. The fourth-order valence-electron chi connectivity index (χ4n) is 1.99. The van der Waals surface area contributed by atoms with Crippen molar-refractivity contribution in [2.24, 2.45) is 0 Å². The third kappa shape index (κ3) is 2.82. The van der Waals surface area contributed by atoms with Crippen LogP contribution in [-0.4, -0.2) is 56.0 Å². The van der Waals surface area contributed by atoms with Crippen LogP contribution in [0.1, 0.15) is 12.8 Å². The Morgan fingerprint density at radius 3 is 2.90 bits per heavy atom. The highest BCUT2D eigenvalue weighted by molar-refractivity contribution is 5.37. The summed E-state index contributed by atoms with van der Waals surface area (Å²) in [6.45, 7) is 1.49. The summed E-state index contributed by atoms with van der Waals surface area (Å²) in [5.74, 6) is 1.40. The number of hydrogen-bond donors (Lipinski definition) is 2. The van der Waals surface area contributed by atoms with Gasteiger partial charge >= 0.3 is 0 Å². The van der Waals surface area contributed by atoms with Gasteiger partial charge in [0.2, 0.25) is 11.9 Å². The molecule has 0 spiro atoms. The zero-order valence-corrected chi connectivity index (χ0v) is 11.2. The lowest BCUT2D eigenvalue weighted by molar-refractivity contribution is 0.0874. The Hall–Kier alpha value is -2.29. The van der Waals surface area contributed by atoms with Gasteiger partial charge in [-0.05, 0) is 12.8 Å². The first kappa shape index (κ1) is 12.7. The second-order valence-electron chi connectivity index (χ2n) is 4.43. The standard InChI is InChI=1S/C11H16N8O/c1-12-9-16-10(15-8-3-2-4-20-5-8)18-11(17-9)19-7-13-6-14-19/h6-8H,2-5H2,1H3,(H2,12,15,16,17,18). The molecule has 2 N–H and O–H groups in total. The normalized spacial score (nSPS) is 18.8. The number of nitrogens with one attached hydrogen (secondary N) is 2. The summed E-state index contributed by atoms with van der Waals surface area (Å²) < 4.78 is 6.93. The van der Waals surface area contributed by atoms with Crippen LogP contribution in [0.2, 0.25) is 0 Å². The monoisotopic (exact) mass is 276 g/mol. The quantitative estimate of drug-likeness (QED) is 0.809. The van der Waals surface area contributed by atoms with E-state index in [4.69, 9.17) is 4.74 Å². The van der Waals surface area contributed by atoms with Gasteiger partial charge in [0.05, 0.1) is 12.6 Å². The molecule has 1 unspecified atom stereocenters. The van der Waals surface area contributed by atoms with Crippen LogP contribution in [0.25, 0.3) is 5.95 Å². The third-order valence-electron chi connectivity index (χ3n) is 2.96. The van der Waals surface area contributed by atoms with Crippen LogP contribution in [0.4, 0.5) is 11.9 Å². The van der Waals surface area contributed by atoms with Crippen LogP contribution in [0.5, 0.6) is 0 Å². The second-order valence-corrected chi connectivity index (χ2v) is 4.43. The van der Waals surface area contributed by atoms with Crippen molar-refractivity contribution in [3.63, 3.8) is 0 Å². The fourth-order valence-corrected chi connectivity index (χ4v) is 1.99. The SMILES string of the molecule is CNc1nc(NC2CCCOC2)nc(-n2cncn2)n1. The van der Waals surface area contributed by atoms with Crippen molar-refractivity contribution in [3.8, 4) is 5.95 Å². The molecule has 2 aromatic rings. The van der Waals surface area contributed by atoms with E-state index >= 15 is 0 Å². The molecular formula is C11H16N8O. The summed E-state index contributed by atoms with van der Waals surface area (Å²) in [5, 5.41) is 10.2. The van der Waals surface area contributed by atoms with Gasteiger partial charge in [0.1, 0.15) is 12.7 Å². The number of rotatable bonds is 4. The first-order chi connectivity index (χ1) is 9.85. The van der Waals surface area contributed by atoms with Gasteiger partial charge in [-0.2, -0.15) is 24.7 Å². The minimum atomic E-state index is 0.222. The molecule has 1 aliphatic rings. The van der Waals surface area contributed by atoms with Gasteiger partial charge in [0.25, 0.3) is 5.95 Å². The lowest BCUT2D eigenvalue weighted by atomic mass is 10.1. The molecule has 20 heavy (non-hydrogen) atoms. The summed E-state index contributed by atoms with van der Waals surface area (Å²) in [5.41, 5.74) is 0. The molecule has 9 heteroatoms. The maximum absolute atomic E-state index is 5.44. The molecule has 3 heterocycles. The van der Waals surface area contributed by atoms with E-state index in [0.717, 1.165) is 19.4 Å². The maximum atomic E-state index is 5.44. The van der Waals surface area contributed by atoms with Gasteiger partial charge in [-0.3, -0.25) is 0 Å². The van der Waals surface area contributed by atoms with Gasteiger partial charge in [-0.1, -0.05) is 0 Å². The molecule has 0 aliphatic carbocycles. The Labute approximate surface area is 115 Å². The van der Waals surface area contributed by atoms with E-state index < -0.39 is 0 Å². The Morgan fingerprint density at radius 2 is 2.20 bits per heavy atom. The number of nitrogens with zero attached hydrogens (tertiary/aromatic N) is 6. The van der Waals surface area contributed by atoms with E-state index in [0.29, 0.717) is 24.5 Å². The van der Waals surface area contributed by atoms with Gasteiger partial charge in [0, 0.05) is 13.7 Å². The molecule has 0 amide bonds. The molecule has 0 saturated carbocycles. The highest BCUT2D eigenvalue weighted by atomic mass is 16.5. The van der Waals surface area contributed by atoms with Crippen molar-refractivity contribution >= 4 is 11.9 Å². The van der Waals surface area contributed by atoms with Crippen LogP contribution in [0.3, 0.4) is 0 Å². The van der Waals surface area contributed by atoms with Gasteiger partial charge in [-0.15, -0.1) is 0 Å². The first-order valence-electron chi connectivity index (χ1n) is 6.48. The Kier molecular flexibility index (Phi) is 3.68. The topological polar surface area (TPSA) is 103 Å². The number of ether oxygens (including phenoxy) is 1. The first-order valence-corrected chi connectivity index (χ1v) is 6.48. The fraction of sp³-hybridized carbons (Fsp3) is 0.545. The van der Waals surface area contributed by atoms with Crippen LogP contribution in [0.15, 0.2) is 12.7 Å². The molecule has 1 aliphatic heterocycles. The largest absolute Gasteiger partial charge is 0.379 e. The number of aromatic nitrogens is 6. The molecule has 0 aromatic carbocycles. The lowest BCUT2D eigenvalue weighted by Gasteiger charge is -2.23. The van der Waals surface area contributed by atoms with Crippen molar-refractivity contribution in [1.82, 2.24) is 29.7 Å². The van der Waals surface area contributed by atoms with Crippen LogP contribution < -0.4 is 10.6 Å². The van der Waals surface area contributed by atoms with E-state index in [1.54, 1.807) is 13.4 Å². The summed E-state index contributed by atoms with van der Waals surface area (Å²) in [7, 11) is 1.76. The smallest absolute Gasteiger partial charge is 0.258 e. The number of hydrogen-bond acceptors (Lipinski definition) is 8. The summed E-state index contributed by atoms with van der Waals surface area (Å²) in [6.07, 6.45) is 5.06. The van der Waals surface area contributed by atoms with Gasteiger partial charge in [0.15, 0.2) is 0 Å². The van der Waals surface area contributed by atoms with Crippen LogP contribution in [0, 0.1) is 0 Å². The van der Waals surface area contributed by atoms with Crippen molar-refractivity contribution in [3.05, 3.63) is 12.7 Å². The van der Waals surface area contributed by atoms with Gasteiger partial charge in [-0.25, -0.2) is 4.98 Å². The van der Waals surface area contributed by atoms with Crippen molar-refractivity contribution in [1.29, 1.82) is 0 Å². The zero-order chi connectivity index (χ0) is 13.8. The summed E-state index contributed by atoms with van der Waals surface area (Å²) in [6, 6.07) is 0.222. The third-order valence-corrected chi connectivity index (χ3v) is 2.96. The number of anilines is 2.